The fourth-order valence-corrected chi connectivity index (χ4v) is 2.31. The SMILES string of the molecule is CSC(C)Cn1c(=O)c(=O)[nH]c2cccc(C(=O)O)c21. The number of hydrogen-bond acceptors (Lipinski definition) is 4. The van der Waals surface area contributed by atoms with E-state index in [0.29, 0.717) is 5.52 Å². The lowest BCUT2D eigenvalue weighted by atomic mass is 10.1. The molecular weight excluding hydrogens is 280 g/mol. The molecule has 1 unspecified atom stereocenters. The van der Waals surface area contributed by atoms with Crippen molar-refractivity contribution < 1.29 is 9.90 Å². The van der Waals surface area contributed by atoms with Crippen molar-refractivity contribution in [1.82, 2.24) is 9.55 Å². The van der Waals surface area contributed by atoms with E-state index in [9.17, 15) is 19.5 Å². The molecule has 1 atom stereocenters. The second kappa shape index (κ2) is 5.54. The third-order valence-corrected chi connectivity index (χ3v) is 4.02. The summed E-state index contributed by atoms with van der Waals surface area (Å²) >= 11 is 1.54. The van der Waals surface area contributed by atoms with Crippen molar-refractivity contribution >= 4 is 28.8 Å². The molecule has 0 amide bonds. The molecule has 0 saturated heterocycles. The van der Waals surface area contributed by atoms with Gasteiger partial charge in [0.1, 0.15) is 0 Å². The summed E-state index contributed by atoms with van der Waals surface area (Å²) in [6, 6.07) is 4.54. The normalized spacial score (nSPS) is 12.5. The highest BCUT2D eigenvalue weighted by Gasteiger charge is 2.16. The average Bonchev–Trinajstić information content (AvgIpc) is 2.42. The van der Waals surface area contributed by atoms with Gasteiger partial charge in [0, 0.05) is 11.8 Å². The number of H-pyrrole nitrogens is 1. The van der Waals surface area contributed by atoms with E-state index in [0.717, 1.165) is 0 Å². The van der Waals surface area contributed by atoms with E-state index in [4.69, 9.17) is 0 Å². The van der Waals surface area contributed by atoms with Crippen LogP contribution in [0.4, 0.5) is 0 Å². The summed E-state index contributed by atoms with van der Waals surface area (Å²) in [5.41, 5.74) is -0.863. The number of rotatable bonds is 4. The summed E-state index contributed by atoms with van der Waals surface area (Å²) in [5, 5.41) is 9.33. The topological polar surface area (TPSA) is 92.2 Å². The molecule has 1 aromatic carbocycles. The maximum absolute atomic E-state index is 12.0. The van der Waals surface area contributed by atoms with Crippen LogP contribution in [0.5, 0.6) is 0 Å². The quantitative estimate of drug-likeness (QED) is 0.825. The number of nitrogens with one attached hydrogen (secondary N) is 1. The molecule has 0 fully saturated rings. The number of fused-ring (bicyclic) bond motifs is 1. The average molecular weight is 294 g/mol. The Balaban J connectivity index is 2.87. The Labute approximate surface area is 118 Å². The molecule has 2 rings (SSSR count). The van der Waals surface area contributed by atoms with Crippen molar-refractivity contribution in [3.8, 4) is 0 Å². The number of benzene rings is 1. The summed E-state index contributed by atoms with van der Waals surface area (Å²) in [7, 11) is 0. The van der Waals surface area contributed by atoms with Crippen LogP contribution < -0.4 is 11.1 Å². The van der Waals surface area contributed by atoms with E-state index in [1.165, 1.54) is 28.5 Å². The van der Waals surface area contributed by atoms with Crippen LogP contribution >= 0.6 is 11.8 Å². The Hall–Kier alpha value is -2.02. The largest absolute Gasteiger partial charge is 0.478 e. The van der Waals surface area contributed by atoms with Gasteiger partial charge in [0.15, 0.2) is 0 Å². The molecular formula is C13H14N2O4S. The van der Waals surface area contributed by atoms with E-state index in [1.54, 1.807) is 6.07 Å². The maximum Gasteiger partial charge on any atom is 0.337 e. The summed E-state index contributed by atoms with van der Waals surface area (Å²) in [5.74, 6) is -1.13. The molecule has 1 aromatic heterocycles. The van der Waals surface area contributed by atoms with E-state index in [2.05, 4.69) is 4.98 Å². The van der Waals surface area contributed by atoms with Gasteiger partial charge >= 0.3 is 17.1 Å². The number of aromatic amines is 1. The Morgan fingerprint density at radius 3 is 2.75 bits per heavy atom. The summed E-state index contributed by atoms with van der Waals surface area (Å²) in [6.07, 6.45) is 1.89. The Morgan fingerprint density at radius 1 is 1.45 bits per heavy atom. The predicted octanol–water partition coefficient (Wildman–Crippen LogP) is 1.14. The van der Waals surface area contributed by atoms with Gasteiger partial charge in [-0.1, -0.05) is 13.0 Å². The highest BCUT2D eigenvalue weighted by molar-refractivity contribution is 7.99. The minimum Gasteiger partial charge on any atom is -0.478 e. The Morgan fingerprint density at radius 2 is 2.15 bits per heavy atom. The van der Waals surface area contributed by atoms with Crippen LogP contribution in [0.1, 0.15) is 17.3 Å². The number of hydrogen-bond donors (Lipinski definition) is 2. The zero-order chi connectivity index (χ0) is 14.9. The molecule has 0 spiro atoms. The number of thioether (sulfide) groups is 1. The molecule has 6 nitrogen and oxygen atoms in total. The highest BCUT2D eigenvalue weighted by Crippen LogP contribution is 2.17. The van der Waals surface area contributed by atoms with Crippen LogP contribution in [0.2, 0.25) is 0 Å². The third kappa shape index (κ3) is 2.49. The molecule has 0 aliphatic carbocycles. The number of nitrogens with zero attached hydrogens (tertiary/aromatic N) is 1. The minimum absolute atomic E-state index is 0.00385. The fourth-order valence-electron chi connectivity index (χ4n) is 2.01. The van der Waals surface area contributed by atoms with Gasteiger partial charge < -0.3 is 14.7 Å². The molecule has 20 heavy (non-hydrogen) atoms. The van der Waals surface area contributed by atoms with Gasteiger partial charge in [-0.3, -0.25) is 9.59 Å². The molecule has 0 bridgehead atoms. The molecule has 2 aromatic rings. The first-order chi connectivity index (χ1) is 9.45. The standard InChI is InChI=1S/C13H14N2O4S/c1-7(20-2)6-15-10-8(13(18)19)4-3-5-9(10)14-11(16)12(15)17/h3-5,7H,6H2,1-2H3,(H,14,16)(H,18,19). The molecule has 7 heteroatoms. The third-order valence-electron chi connectivity index (χ3n) is 3.07. The van der Waals surface area contributed by atoms with Gasteiger partial charge in [-0.15, -0.1) is 0 Å². The number of aromatic carboxylic acids is 1. The maximum atomic E-state index is 12.0. The van der Waals surface area contributed by atoms with Crippen molar-refractivity contribution in [2.24, 2.45) is 0 Å². The number of carboxylic acids is 1. The van der Waals surface area contributed by atoms with Crippen LogP contribution in [-0.2, 0) is 6.54 Å². The molecule has 106 valence electrons. The van der Waals surface area contributed by atoms with Gasteiger partial charge in [0.2, 0.25) is 0 Å². The van der Waals surface area contributed by atoms with Gasteiger partial charge in [0.25, 0.3) is 0 Å². The van der Waals surface area contributed by atoms with E-state index in [-0.39, 0.29) is 22.9 Å². The first-order valence-corrected chi connectivity index (χ1v) is 7.26. The van der Waals surface area contributed by atoms with E-state index >= 15 is 0 Å². The monoisotopic (exact) mass is 294 g/mol. The smallest absolute Gasteiger partial charge is 0.337 e. The van der Waals surface area contributed by atoms with Crippen molar-refractivity contribution in [3.05, 3.63) is 44.5 Å². The Kier molecular flexibility index (Phi) is 3.99. The van der Waals surface area contributed by atoms with Crippen LogP contribution in [0, 0.1) is 0 Å². The van der Waals surface area contributed by atoms with Crippen molar-refractivity contribution in [2.75, 3.05) is 6.26 Å². The van der Waals surface area contributed by atoms with Crippen LogP contribution in [0.25, 0.3) is 11.0 Å². The van der Waals surface area contributed by atoms with E-state index < -0.39 is 17.1 Å². The fraction of sp³-hybridized carbons (Fsp3) is 0.308. The minimum atomic E-state index is -1.13. The van der Waals surface area contributed by atoms with Crippen LogP contribution in [0.3, 0.4) is 0 Å². The lowest BCUT2D eigenvalue weighted by molar-refractivity contribution is 0.0698. The van der Waals surface area contributed by atoms with Crippen molar-refractivity contribution in [2.45, 2.75) is 18.7 Å². The molecule has 0 saturated carbocycles. The van der Waals surface area contributed by atoms with Gasteiger partial charge in [0.05, 0.1) is 16.6 Å². The lowest BCUT2D eigenvalue weighted by Crippen LogP contribution is -2.38. The Bertz CT molecular complexity index is 778. The van der Waals surface area contributed by atoms with Crippen LogP contribution in [0.15, 0.2) is 27.8 Å². The van der Waals surface area contributed by atoms with Crippen LogP contribution in [-0.4, -0.2) is 32.1 Å². The number of carbonyl (C=O) groups is 1. The van der Waals surface area contributed by atoms with Gasteiger partial charge in [-0.25, -0.2) is 4.79 Å². The molecule has 0 radical (unpaired) electrons. The van der Waals surface area contributed by atoms with E-state index in [1.807, 2.05) is 13.2 Å². The number of carboxylic acid groups (broad SMARTS) is 1. The first kappa shape index (κ1) is 14.4. The highest BCUT2D eigenvalue weighted by atomic mass is 32.2. The van der Waals surface area contributed by atoms with Crippen molar-refractivity contribution in [1.29, 1.82) is 0 Å². The summed E-state index contributed by atoms with van der Waals surface area (Å²) < 4.78 is 1.25. The second-order valence-electron chi connectivity index (χ2n) is 4.42. The number of aromatic nitrogens is 2. The molecule has 0 aliphatic rings. The predicted molar refractivity (Wildman–Crippen MR) is 78.8 cm³/mol. The summed E-state index contributed by atoms with van der Waals surface area (Å²) in [6.45, 7) is 2.19. The van der Waals surface area contributed by atoms with Crippen molar-refractivity contribution in [3.63, 3.8) is 0 Å². The zero-order valence-electron chi connectivity index (χ0n) is 11.0. The van der Waals surface area contributed by atoms with Gasteiger partial charge in [-0.2, -0.15) is 11.8 Å². The molecule has 0 aliphatic heterocycles. The molecule has 2 N–H and O–H groups in total. The van der Waals surface area contributed by atoms with Gasteiger partial charge in [-0.05, 0) is 18.4 Å². The summed E-state index contributed by atoms with van der Waals surface area (Å²) in [4.78, 5) is 37.4. The second-order valence-corrected chi connectivity index (χ2v) is 5.70. The first-order valence-electron chi connectivity index (χ1n) is 5.97. The lowest BCUT2D eigenvalue weighted by Gasteiger charge is -2.14. The zero-order valence-corrected chi connectivity index (χ0v) is 11.9. The number of para-hydroxylation sites is 1. The molecule has 1 heterocycles.